The summed E-state index contributed by atoms with van der Waals surface area (Å²) in [6.45, 7) is 5.29. The summed E-state index contributed by atoms with van der Waals surface area (Å²) in [4.78, 5) is 1.53. The summed E-state index contributed by atoms with van der Waals surface area (Å²) in [6.07, 6.45) is 5.51. The van der Waals surface area contributed by atoms with Gasteiger partial charge in [-0.15, -0.1) is 11.3 Å². The van der Waals surface area contributed by atoms with Crippen molar-refractivity contribution in [2.45, 2.75) is 69.5 Å². The highest BCUT2D eigenvalue weighted by Crippen LogP contribution is 2.33. The van der Waals surface area contributed by atoms with Crippen LogP contribution in [-0.4, -0.2) is 31.4 Å². The molecule has 0 amide bonds. The molecule has 2 aliphatic rings. The van der Waals surface area contributed by atoms with E-state index in [1.54, 1.807) is 15.6 Å². The third-order valence-corrected chi connectivity index (χ3v) is 7.90. The quantitative estimate of drug-likeness (QED) is 0.904. The predicted molar refractivity (Wildman–Crippen MR) is 86.1 cm³/mol. The summed E-state index contributed by atoms with van der Waals surface area (Å²) >= 11 is 1.57. The summed E-state index contributed by atoms with van der Waals surface area (Å²) in [5.41, 5.74) is 0.894. The first-order valence-electron chi connectivity index (χ1n) is 7.82. The Hall–Kier alpha value is -0.430. The molecule has 1 aromatic heterocycles. The fourth-order valence-corrected chi connectivity index (χ4v) is 6.44. The molecule has 1 atom stereocenters. The van der Waals surface area contributed by atoms with E-state index in [1.165, 1.54) is 12.8 Å². The van der Waals surface area contributed by atoms with Crippen molar-refractivity contribution in [3.8, 4) is 0 Å². The van der Waals surface area contributed by atoms with Gasteiger partial charge >= 0.3 is 0 Å². The molecular formula is C15H24N2O2S2. The highest BCUT2D eigenvalue weighted by Gasteiger charge is 2.34. The second kappa shape index (κ2) is 5.99. The molecule has 21 heavy (non-hydrogen) atoms. The van der Waals surface area contributed by atoms with Crippen molar-refractivity contribution >= 4 is 21.4 Å². The Balaban J connectivity index is 1.88. The van der Waals surface area contributed by atoms with E-state index >= 15 is 0 Å². The van der Waals surface area contributed by atoms with Crippen LogP contribution in [0.5, 0.6) is 0 Å². The van der Waals surface area contributed by atoms with Crippen molar-refractivity contribution in [1.29, 1.82) is 0 Å². The first kappa shape index (κ1) is 15.5. The number of rotatable bonds is 5. The van der Waals surface area contributed by atoms with Gasteiger partial charge in [0.15, 0.2) is 0 Å². The predicted octanol–water partition coefficient (Wildman–Crippen LogP) is 2.87. The number of thiophene rings is 1. The molecule has 3 rings (SSSR count). The monoisotopic (exact) mass is 328 g/mol. The summed E-state index contributed by atoms with van der Waals surface area (Å²) < 4.78 is 27.8. The van der Waals surface area contributed by atoms with Crippen LogP contribution in [0.4, 0.5) is 0 Å². The van der Waals surface area contributed by atoms with E-state index in [1.807, 2.05) is 19.2 Å². The third-order valence-electron chi connectivity index (χ3n) is 4.43. The second-order valence-electron chi connectivity index (χ2n) is 6.29. The molecule has 2 heterocycles. The molecule has 6 heteroatoms. The van der Waals surface area contributed by atoms with E-state index in [0.29, 0.717) is 24.0 Å². The molecule has 1 aromatic rings. The molecule has 1 saturated carbocycles. The van der Waals surface area contributed by atoms with Gasteiger partial charge in [-0.1, -0.05) is 6.42 Å². The maximum Gasteiger partial charge on any atom is 0.244 e. The minimum Gasteiger partial charge on any atom is -0.309 e. The smallest absolute Gasteiger partial charge is 0.244 e. The maximum absolute atomic E-state index is 13.1. The normalized spacial score (nSPS) is 24.4. The number of piperidine rings is 1. The number of nitrogens with one attached hydrogen (secondary N) is 1. The van der Waals surface area contributed by atoms with Crippen LogP contribution in [0, 0.1) is 6.92 Å². The van der Waals surface area contributed by atoms with Gasteiger partial charge in [-0.05, 0) is 50.5 Å². The van der Waals surface area contributed by atoms with Crippen LogP contribution in [0.2, 0.25) is 0 Å². The number of nitrogens with zero attached hydrogens (tertiary/aromatic N) is 1. The van der Waals surface area contributed by atoms with Gasteiger partial charge in [0.2, 0.25) is 10.0 Å². The maximum atomic E-state index is 13.1. The summed E-state index contributed by atoms with van der Waals surface area (Å²) in [5, 5.41) is 5.42. The van der Waals surface area contributed by atoms with Crippen molar-refractivity contribution in [3.63, 3.8) is 0 Å². The number of hydrogen-bond donors (Lipinski definition) is 1. The molecule has 1 aliphatic carbocycles. The zero-order valence-electron chi connectivity index (χ0n) is 12.8. The summed E-state index contributed by atoms with van der Waals surface area (Å²) in [5.74, 6) is 0. The van der Waals surface area contributed by atoms with Crippen LogP contribution in [0.3, 0.4) is 0 Å². The van der Waals surface area contributed by atoms with E-state index in [9.17, 15) is 8.42 Å². The van der Waals surface area contributed by atoms with Crippen LogP contribution in [-0.2, 0) is 16.6 Å². The lowest BCUT2D eigenvalue weighted by Gasteiger charge is -2.32. The van der Waals surface area contributed by atoms with Crippen LogP contribution in [0.1, 0.15) is 49.5 Å². The highest BCUT2D eigenvalue weighted by atomic mass is 32.2. The molecule has 0 aromatic carbocycles. The van der Waals surface area contributed by atoms with Crippen LogP contribution < -0.4 is 5.32 Å². The minimum absolute atomic E-state index is 0.118. The molecule has 1 N–H and O–H groups in total. The largest absolute Gasteiger partial charge is 0.309 e. The van der Waals surface area contributed by atoms with Gasteiger partial charge in [0.1, 0.15) is 4.90 Å². The Kier molecular flexibility index (Phi) is 4.41. The van der Waals surface area contributed by atoms with E-state index in [4.69, 9.17) is 0 Å². The molecule has 1 aliphatic heterocycles. The van der Waals surface area contributed by atoms with Crippen LogP contribution in [0.25, 0.3) is 0 Å². The first-order chi connectivity index (χ1) is 10.00. The molecular weight excluding hydrogens is 304 g/mol. The summed E-state index contributed by atoms with van der Waals surface area (Å²) in [6, 6.07) is 0.712. The number of hydrogen-bond acceptors (Lipinski definition) is 4. The van der Waals surface area contributed by atoms with Crippen molar-refractivity contribution < 1.29 is 8.42 Å². The molecule has 118 valence electrons. The SMILES string of the molecule is Cc1csc(CNC2CC2)c1S(=O)(=O)N1CCCCC1C. The zero-order chi connectivity index (χ0) is 15.0. The van der Waals surface area contributed by atoms with Crippen LogP contribution in [0.15, 0.2) is 10.3 Å². The molecule has 1 saturated heterocycles. The zero-order valence-corrected chi connectivity index (χ0v) is 14.4. The van der Waals surface area contributed by atoms with E-state index in [-0.39, 0.29) is 6.04 Å². The van der Waals surface area contributed by atoms with Crippen molar-refractivity contribution in [3.05, 3.63) is 15.8 Å². The highest BCUT2D eigenvalue weighted by molar-refractivity contribution is 7.89. The lowest BCUT2D eigenvalue weighted by atomic mass is 10.1. The summed E-state index contributed by atoms with van der Waals surface area (Å²) in [7, 11) is -3.35. The van der Waals surface area contributed by atoms with Crippen molar-refractivity contribution in [1.82, 2.24) is 9.62 Å². The molecule has 2 fully saturated rings. The van der Waals surface area contributed by atoms with E-state index in [2.05, 4.69) is 5.32 Å². The Morgan fingerprint density at radius 2 is 2.10 bits per heavy atom. The Labute approximate surface area is 131 Å². The van der Waals surface area contributed by atoms with Crippen molar-refractivity contribution in [2.75, 3.05) is 6.54 Å². The fraction of sp³-hybridized carbons (Fsp3) is 0.733. The van der Waals surface area contributed by atoms with Crippen LogP contribution >= 0.6 is 11.3 Å². The average Bonchev–Trinajstić information content (AvgIpc) is 3.19. The third kappa shape index (κ3) is 3.18. The van der Waals surface area contributed by atoms with Gasteiger partial charge in [-0.3, -0.25) is 0 Å². The lowest BCUT2D eigenvalue weighted by Crippen LogP contribution is -2.42. The van der Waals surface area contributed by atoms with E-state index in [0.717, 1.165) is 29.7 Å². The molecule has 0 bridgehead atoms. The van der Waals surface area contributed by atoms with Gasteiger partial charge in [0.25, 0.3) is 0 Å². The van der Waals surface area contributed by atoms with Crippen molar-refractivity contribution in [2.24, 2.45) is 0 Å². The van der Waals surface area contributed by atoms with Gasteiger partial charge in [0, 0.05) is 30.1 Å². The average molecular weight is 329 g/mol. The molecule has 0 spiro atoms. The molecule has 1 unspecified atom stereocenters. The molecule has 4 nitrogen and oxygen atoms in total. The van der Waals surface area contributed by atoms with Gasteiger partial charge in [-0.25, -0.2) is 8.42 Å². The standard InChI is InChI=1S/C15H24N2O2S2/c1-11-10-20-14(9-16-13-6-7-13)15(11)21(18,19)17-8-4-3-5-12(17)2/h10,12-13,16H,3-9H2,1-2H3. The Morgan fingerprint density at radius 1 is 1.33 bits per heavy atom. The van der Waals surface area contributed by atoms with Gasteiger partial charge < -0.3 is 5.32 Å². The van der Waals surface area contributed by atoms with E-state index < -0.39 is 10.0 Å². The number of sulfonamides is 1. The minimum atomic E-state index is -3.35. The lowest BCUT2D eigenvalue weighted by molar-refractivity contribution is 0.268. The second-order valence-corrected chi connectivity index (χ2v) is 9.08. The first-order valence-corrected chi connectivity index (χ1v) is 10.1. The number of aryl methyl sites for hydroxylation is 1. The topological polar surface area (TPSA) is 49.4 Å². The Bertz CT molecular complexity index is 605. The fourth-order valence-electron chi connectivity index (χ4n) is 3.03. The Morgan fingerprint density at radius 3 is 2.76 bits per heavy atom. The molecule has 0 radical (unpaired) electrons. The van der Waals surface area contributed by atoms with Gasteiger partial charge in [0.05, 0.1) is 0 Å². The van der Waals surface area contributed by atoms with Gasteiger partial charge in [-0.2, -0.15) is 4.31 Å².